The average Bonchev–Trinajstić information content (AvgIpc) is 3.31. The largest absolute Gasteiger partial charge is 0.505 e. The van der Waals surface area contributed by atoms with Gasteiger partial charge in [-0.1, -0.05) is 49.0 Å². The highest BCUT2D eigenvalue weighted by Gasteiger charge is 2.31. The molecule has 7 nitrogen and oxygen atoms in total. The van der Waals surface area contributed by atoms with Crippen LogP contribution in [0.1, 0.15) is 11.4 Å². The number of hydrogen-bond acceptors (Lipinski definition) is 5. The van der Waals surface area contributed by atoms with Gasteiger partial charge in [0.25, 0.3) is 10.0 Å². The summed E-state index contributed by atoms with van der Waals surface area (Å²) in [7, 11) is -4.05. The van der Waals surface area contributed by atoms with Gasteiger partial charge in [-0.15, -0.1) is 0 Å². The predicted octanol–water partition coefficient (Wildman–Crippen LogP) is 7.51. The predicted molar refractivity (Wildman–Crippen MR) is 147 cm³/mol. The first kappa shape index (κ1) is 29.2. The summed E-state index contributed by atoms with van der Waals surface area (Å²) in [5, 5.41) is 7.57. The Labute approximate surface area is 232 Å². The quantitative estimate of drug-likeness (QED) is 0.136. The van der Waals surface area contributed by atoms with Gasteiger partial charge in [-0.25, -0.2) is 17.8 Å². The summed E-state index contributed by atoms with van der Waals surface area (Å²) in [6.45, 7) is 2.26. The molecule has 0 aliphatic carbocycles. The molecule has 4 aromatic carbocycles. The zero-order chi connectivity index (χ0) is 29.6. The molecule has 0 aliphatic heterocycles. The fraction of sp³-hybridized carbons (Fsp3) is 0.0690. The van der Waals surface area contributed by atoms with E-state index in [-0.39, 0.29) is 0 Å². The Hall–Kier alpha value is -4.84. The molecule has 0 spiro atoms. The number of imidazole rings is 1. The number of nitrogens with one attached hydrogen (secondary N) is 2. The van der Waals surface area contributed by atoms with Crippen LogP contribution in [0.25, 0.3) is 11.0 Å². The van der Waals surface area contributed by atoms with Crippen molar-refractivity contribution in [3.63, 3.8) is 0 Å². The van der Waals surface area contributed by atoms with Crippen LogP contribution in [0.3, 0.4) is 0 Å². The van der Waals surface area contributed by atoms with Crippen LogP contribution >= 0.6 is 0 Å². The van der Waals surface area contributed by atoms with Crippen molar-refractivity contribution in [2.75, 3.05) is 4.72 Å². The number of nitrogens with zero attached hydrogens (tertiary/aromatic N) is 1. The number of para-hydroxylation sites is 1. The third kappa shape index (κ3) is 7.85. The van der Waals surface area contributed by atoms with E-state index in [1.807, 2.05) is 54.6 Å². The number of hydrogen-bond donors (Lipinski definition) is 3. The zero-order valence-electron chi connectivity index (χ0n) is 21.2. The number of aliphatic hydroxyl groups is 1. The average molecular weight is 586 g/mol. The molecule has 0 amide bonds. The lowest BCUT2D eigenvalue weighted by Gasteiger charge is -2.08. The van der Waals surface area contributed by atoms with Crippen molar-refractivity contribution in [3.8, 4) is 11.5 Å². The van der Waals surface area contributed by atoms with Crippen molar-refractivity contribution in [2.45, 2.75) is 17.5 Å². The molecule has 0 unspecified atom stereocenters. The molecule has 41 heavy (non-hydrogen) atoms. The van der Waals surface area contributed by atoms with Gasteiger partial charge in [-0.2, -0.15) is 13.2 Å². The number of rotatable bonds is 7. The Kier molecular flexibility index (Phi) is 8.62. The van der Waals surface area contributed by atoms with Crippen LogP contribution in [-0.2, 0) is 16.4 Å². The first-order valence-corrected chi connectivity index (χ1v) is 13.4. The minimum atomic E-state index is -4.64. The van der Waals surface area contributed by atoms with E-state index >= 15 is 0 Å². The Morgan fingerprint density at radius 1 is 0.927 bits per heavy atom. The molecule has 0 atom stereocenters. The van der Waals surface area contributed by atoms with Crippen LogP contribution in [0.15, 0.2) is 114 Å². The molecule has 3 N–H and O–H groups in total. The summed E-state index contributed by atoms with van der Waals surface area (Å²) in [5.74, 6) is -0.311. The number of sulfonamides is 1. The molecule has 5 aromatic rings. The van der Waals surface area contributed by atoms with Crippen molar-refractivity contribution in [1.29, 1.82) is 0 Å². The smallest absolute Gasteiger partial charge is 0.448 e. The molecule has 0 saturated carbocycles. The van der Waals surface area contributed by atoms with Crippen LogP contribution in [0.5, 0.6) is 11.5 Å². The first-order chi connectivity index (χ1) is 19.4. The summed E-state index contributed by atoms with van der Waals surface area (Å²) < 4.78 is 79.8. The minimum absolute atomic E-state index is 0.313. The highest BCUT2D eigenvalue weighted by molar-refractivity contribution is 7.92. The summed E-state index contributed by atoms with van der Waals surface area (Å²) in [5.41, 5.74) is 2.73. The van der Waals surface area contributed by atoms with Crippen molar-refractivity contribution in [1.82, 2.24) is 9.97 Å². The minimum Gasteiger partial charge on any atom is -0.505 e. The second-order valence-corrected chi connectivity index (χ2v) is 10.3. The number of halogens is 4. The maximum Gasteiger partial charge on any atom is 0.448 e. The third-order valence-electron chi connectivity index (χ3n) is 5.51. The number of ether oxygens (including phenoxy) is 1. The number of anilines is 1. The fourth-order valence-electron chi connectivity index (χ4n) is 3.58. The van der Waals surface area contributed by atoms with Gasteiger partial charge in [0, 0.05) is 6.42 Å². The van der Waals surface area contributed by atoms with Crippen LogP contribution in [0, 0.1) is 5.82 Å². The van der Waals surface area contributed by atoms with Crippen LogP contribution in [0.4, 0.5) is 23.2 Å². The summed E-state index contributed by atoms with van der Waals surface area (Å²) >= 11 is 0. The molecule has 1 aromatic heterocycles. The Bertz CT molecular complexity index is 1750. The molecular formula is C29H23F4N3O4S. The number of aliphatic hydroxyl groups excluding tert-OH is 1. The van der Waals surface area contributed by atoms with E-state index in [2.05, 4.69) is 21.3 Å². The van der Waals surface area contributed by atoms with E-state index in [1.54, 1.807) is 18.2 Å². The molecule has 12 heteroatoms. The molecule has 212 valence electrons. The highest BCUT2D eigenvalue weighted by atomic mass is 32.2. The van der Waals surface area contributed by atoms with Crippen molar-refractivity contribution >= 4 is 26.7 Å². The Morgan fingerprint density at radius 3 is 2.17 bits per heavy atom. The molecule has 5 rings (SSSR count). The van der Waals surface area contributed by atoms with Gasteiger partial charge in [0.15, 0.2) is 5.76 Å². The number of allylic oxidation sites excluding steroid dienone is 1. The van der Waals surface area contributed by atoms with Crippen molar-refractivity contribution in [2.24, 2.45) is 0 Å². The highest BCUT2D eigenvalue weighted by Crippen LogP contribution is 2.25. The molecule has 0 aliphatic rings. The first-order valence-electron chi connectivity index (χ1n) is 11.9. The maximum atomic E-state index is 13.9. The Balaban J connectivity index is 0.000000493. The van der Waals surface area contributed by atoms with Gasteiger partial charge in [0.05, 0.1) is 16.7 Å². The van der Waals surface area contributed by atoms with Gasteiger partial charge in [-0.3, -0.25) is 4.72 Å². The number of benzene rings is 4. The van der Waals surface area contributed by atoms with Crippen LogP contribution in [-0.4, -0.2) is 29.7 Å². The SMILES string of the molecule is C=C(O)C(F)(F)F.O=S(=O)(Nc1ccc2nc(Cc3ccc(Oc4ccccc4)cc3)[nH]c2c1)c1ccccc1F. The number of aromatic nitrogens is 2. The molecule has 0 bridgehead atoms. The van der Waals surface area contributed by atoms with E-state index in [4.69, 9.17) is 9.84 Å². The topological polar surface area (TPSA) is 104 Å². The second-order valence-electron chi connectivity index (χ2n) is 8.63. The van der Waals surface area contributed by atoms with Crippen molar-refractivity contribution < 1.29 is 35.8 Å². The lowest BCUT2D eigenvalue weighted by Crippen LogP contribution is -2.14. The zero-order valence-corrected chi connectivity index (χ0v) is 22.0. The molecule has 0 fully saturated rings. The lowest BCUT2D eigenvalue weighted by atomic mass is 10.1. The third-order valence-corrected chi connectivity index (χ3v) is 6.92. The Morgan fingerprint density at radius 2 is 1.54 bits per heavy atom. The monoisotopic (exact) mass is 585 g/mol. The fourth-order valence-corrected chi connectivity index (χ4v) is 4.71. The van der Waals surface area contributed by atoms with E-state index in [1.165, 1.54) is 18.2 Å². The van der Waals surface area contributed by atoms with Crippen LogP contribution < -0.4 is 9.46 Å². The number of alkyl halides is 3. The second kappa shape index (κ2) is 12.1. The van der Waals surface area contributed by atoms with Crippen molar-refractivity contribution in [3.05, 3.63) is 127 Å². The summed E-state index contributed by atoms with van der Waals surface area (Å²) in [4.78, 5) is 7.41. The lowest BCUT2D eigenvalue weighted by molar-refractivity contribution is -0.119. The number of fused-ring (bicyclic) bond motifs is 1. The van der Waals surface area contributed by atoms with E-state index < -0.39 is 32.7 Å². The normalized spacial score (nSPS) is 11.4. The molecule has 0 radical (unpaired) electrons. The van der Waals surface area contributed by atoms with E-state index in [9.17, 15) is 26.0 Å². The van der Waals surface area contributed by atoms with Gasteiger partial charge in [-0.05, 0) is 60.2 Å². The van der Waals surface area contributed by atoms with E-state index in [0.29, 0.717) is 23.1 Å². The molecule has 0 saturated heterocycles. The standard InChI is InChI=1S/C26H20FN3O3S.C3H3F3O/c27-22-8-4-5-9-25(22)34(31,32)30-19-12-15-23-24(17-19)29-26(28-23)16-18-10-13-21(14-11-18)33-20-6-2-1-3-7-20;1-2(7)3(4,5)6/h1-15,17,30H,16H2,(H,28,29);7H,1H2. The van der Waals surface area contributed by atoms with Gasteiger partial charge in [0.1, 0.15) is 28.0 Å². The van der Waals surface area contributed by atoms with Gasteiger partial charge >= 0.3 is 6.18 Å². The van der Waals surface area contributed by atoms with Gasteiger partial charge in [0.2, 0.25) is 0 Å². The summed E-state index contributed by atoms with van der Waals surface area (Å²) in [6.07, 6.45) is -4.07. The molecular weight excluding hydrogens is 562 g/mol. The van der Waals surface area contributed by atoms with Gasteiger partial charge < -0.3 is 14.8 Å². The number of aromatic amines is 1. The summed E-state index contributed by atoms with van der Waals surface area (Å²) in [6, 6.07) is 27.5. The van der Waals surface area contributed by atoms with E-state index in [0.717, 1.165) is 29.0 Å². The molecule has 1 heterocycles. The number of H-pyrrole nitrogens is 1. The van der Waals surface area contributed by atoms with Crippen LogP contribution in [0.2, 0.25) is 0 Å². The maximum absolute atomic E-state index is 13.9.